The Bertz CT molecular complexity index is 218. The minimum absolute atomic E-state index is 0.0422. The van der Waals surface area contributed by atoms with Crippen LogP contribution in [0.3, 0.4) is 0 Å². The molecule has 0 aliphatic carbocycles. The Labute approximate surface area is 91.1 Å². The Morgan fingerprint density at radius 1 is 1.60 bits per heavy atom. The Hall–Kier alpha value is -0.610. The first kappa shape index (κ1) is 12.5. The van der Waals surface area contributed by atoms with Crippen LogP contribution >= 0.6 is 0 Å². The molecule has 88 valence electrons. The highest BCUT2D eigenvalue weighted by atomic mass is 16.5. The molecular formula is C11H21NO3. The molecule has 1 saturated heterocycles. The summed E-state index contributed by atoms with van der Waals surface area (Å²) in [5, 5.41) is 0. The van der Waals surface area contributed by atoms with Crippen LogP contribution in [-0.4, -0.2) is 31.3 Å². The van der Waals surface area contributed by atoms with E-state index in [1.165, 1.54) is 7.11 Å². The second kappa shape index (κ2) is 5.47. The zero-order chi connectivity index (χ0) is 11.4. The zero-order valence-corrected chi connectivity index (χ0v) is 9.73. The minimum atomic E-state index is -0.208. The van der Waals surface area contributed by atoms with E-state index in [2.05, 4.69) is 11.7 Å². The maximum absolute atomic E-state index is 11.2. The summed E-state index contributed by atoms with van der Waals surface area (Å²) in [6.07, 6.45) is 2.79. The molecule has 1 aliphatic rings. The van der Waals surface area contributed by atoms with E-state index in [0.717, 1.165) is 12.8 Å². The predicted molar refractivity (Wildman–Crippen MR) is 57.3 cm³/mol. The topological polar surface area (TPSA) is 61.5 Å². The number of hydrogen-bond donors (Lipinski definition) is 1. The number of ether oxygens (including phenoxy) is 2. The minimum Gasteiger partial charge on any atom is -0.469 e. The van der Waals surface area contributed by atoms with Gasteiger partial charge in [0.25, 0.3) is 0 Å². The van der Waals surface area contributed by atoms with Crippen molar-refractivity contribution < 1.29 is 14.3 Å². The maximum Gasteiger partial charge on any atom is 0.305 e. The smallest absolute Gasteiger partial charge is 0.305 e. The van der Waals surface area contributed by atoms with E-state index in [1.807, 2.05) is 6.92 Å². The number of nitrogens with two attached hydrogens (primary N) is 1. The van der Waals surface area contributed by atoms with Gasteiger partial charge in [0.05, 0.1) is 25.7 Å². The fourth-order valence-corrected chi connectivity index (χ4v) is 2.08. The standard InChI is InChI=1S/C11H21NO3/c1-7-4-5-10(15-7)9(8(2)12)6-11(13)14-3/h7-10H,4-6,12H2,1-3H3. The number of methoxy groups -OCH3 is 1. The lowest BCUT2D eigenvalue weighted by atomic mass is 9.90. The van der Waals surface area contributed by atoms with Gasteiger partial charge in [-0.1, -0.05) is 0 Å². The summed E-state index contributed by atoms with van der Waals surface area (Å²) in [7, 11) is 1.40. The van der Waals surface area contributed by atoms with Crippen LogP contribution in [0, 0.1) is 5.92 Å². The van der Waals surface area contributed by atoms with Gasteiger partial charge in [-0.3, -0.25) is 4.79 Å². The Morgan fingerprint density at radius 3 is 2.67 bits per heavy atom. The van der Waals surface area contributed by atoms with Crippen molar-refractivity contribution >= 4 is 5.97 Å². The summed E-state index contributed by atoms with van der Waals surface area (Å²) in [6.45, 7) is 3.97. The van der Waals surface area contributed by atoms with Crippen LogP contribution in [0.2, 0.25) is 0 Å². The summed E-state index contributed by atoms with van der Waals surface area (Å²) in [4.78, 5) is 11.2. The summed E-state index contributed by atoms with van der Waals surface area (Å²) < 4.78 is 10.4. The third-order valence-electron chi connectivity index (χ3n) is 3.05. The van der Waals surface area contributed by atoms with E-state index in [4.69, 9.17) is 10.5 Å². The molecule has 0 aromatic carbocycles. The zero-order valence-electron chi connectivity index (χ0n) is 9.73. The number of rotatable bonds is 4. The second-order valence-electron chi connectivity index (χ2n) is 4.37. The van der Waals surface area contributed by atoms with Gasteiger partial charge in [-0.2, -0.15) is 0 Å². The molecule has 1 heterocycles. The first-order valence-corrected chi connectivity index (χ1v) is 5.52. The fourth-order valence-electron chi connectivity index (χ4n) is 2.08. The molecule has 0 bridgehead atoms. The lowest BCUT2D eigenvalue weighted by molar-refractivity contribution is -0.143. The van der Waals surface area contributed by atoms with Crippen LogP contribution in [0.15, 0.2) is 0 Å². The molecule has 1 rings (SSSR count). The molecule has 4 nitrogen and oxygen atoms in total. The third kappa shape index (κ3) is 3.47. The predicted octanol–water partition coefficient (Wildman–Crippen LogP) is 1.08. The summed E-state index contributed by atoms with van der Waals surface area (Å²) in [5.74, 6) is -0.136. The van der Waals surface area contributed by atoms with E-state index in [-0.39, 0.29) is 30.1 Å². The van der Waals surface area contributed by atoms with Crippen molar-refractivity contribution in [3.05, 3.63) is 0 Å². The lowest BCUT2D eigenvalue weighted by Gasteiger charge is -2.25. The van der Waals surface area contributed by atoms with E-state index >= 15 is 0 Å². The molecule has 2 N–H and O–H groups in total. The summed E-state index contributed by atoms with van der Waals surface area (Å²) >= 11 is 0. The van der Waals surface area contributed by atoms with Crippen LogP contribution in [0.5, 0.6) is 0 Å². The molecular weight excluding hydrogens is 194 g/mol. The highest BCUT2D eigenvalue weighted by Crippen LogP contribution is 2.28. The van der Waals surface area contributed by atoms with Gasteiger partial charge in [0, 0.05) is 12.0 Å². The largest absolute Gasteiger partial charge is 0.469 e. The van der Waals surface area contributed by atoms with Crippen LogP contribution in [0.1, 0.15) is 33.1 Å². The summed E-state index contributed by atoms with van der Waals surface area (Å²) in [6, 6.07) is -0.0422. The highest BCUT2D eigenvalue weighted by Gasteiger charge is 2.33. The van der Waals surface area contributed by atoms with Gasteiger partial charge < -0.3 is 15.2 Å². The second-order valence-corrected chi connectivity index (χ2v) is 4.37. The van der Waals surface area contributed by atoms with E-state index in [0.29, 0.717) is 6.42 Å². The summed E-state index contributed by atoms with van der Waals surface area (Å²) in [5.41, 5.74) is 5.88. The quantitative estimate of drug-likeness (QED) is 0.713. The maximum atomic E-state index is 11.2. The van der Waals surface area contributed by atoms with Crippen molar-refractivity contribution in [3.63, 3.8) is 0 Å². The van der Waals surface area contributed by atoms with E-state index in [1.54, 1.807) is 0 Å². The molecule has 0 radical (unpaired) electrons. The average Bonchev–Trinajstić information content (AvgIpc) is 2.60. The van der Waals surface area contributed by atoms with Crippen LogP contribution in [0.25, 0.3) is 0 Å². The molecule has 4 heteroatoms. The van der Waals surface area contributed by atoms with E-state index < -0.39 is 0 Å². The molecule has 1 aliphatic heterocycles. The molecule has 0 spiro atoms. The van der Waals surface area contributed by atoms with Crippen molar-refractivity contribution in [2.75, 3.05) is 7.11 Å². The lowest BCUT2D eigenvalue weighted by Crippen LogP contribution is -2.37. The molecule has 4 unspecified atom stereocenters. The van der Waals surface area contributed by atoms with Gasteiger partial charge in [0.15, 0.2) is 0 Å². The van der Waals surface area contributed by atoms with Crippen LogP contribution in [-0.2, 0) is 14.3 Å². The molecule has 0 aromatic rings. The SMILES string of the molecule is COC(=O)CC(C(C)N)C1CCC(C)O1. The first-order valence-electron chi connectivity index (χ1n) is 5.52. The number of hydrogen-bond acceptors (Lipinski definition) is 4. The van der Waals surface area contributed by atoms with Gasteiger partial charge in [-0.25, -0.2) is 0 Å². The molecule has 0 aromatic heterocycles. The van der Waals surface area contributed by atoms with Crippen LogP contribution < -0.4 is 5.73 Å². The van der Waals surface area contributed by atoms with Crippen molar-refractivity contribution in [2.45, 2.75) is 51.4 Å². The Morgan fingerprint density at radius 2 is 2.27 bits per heavy atom. The van der Waals surface area contributed by atoms with Gasteiger partial charge >= 0.3 is 5.97 Å². The molecule has 0 amide bonds. The first-order chi connectivity index (χ1) is 7.04. The molecule has 4 atom stereocenters. The van der Waals surface area contributed by atoms with Crippen LogP contribution in [0.4, 0.5) is 0 Å². The Balaban J connectivity index is 2.54. The van der Waals surface area contributed by atoms with Crippen molar-refractivity contribution in [2.24, 2.45) is 11.7 Å². The number of esters is 1. The van der Waals surface area contributed by atoms with E-state index in [9.17, 15) is 4.79 Å². The highest BCUT2D eigenvalue weighted by molar-refractivity contribution is 5.69. The molecule has 1 fully saturated rings. The van der Waals surface area contributed by atoms with Gasteiger partial charge in [0.1, 0.15) is 0 Å². The normalized spacial score (nSPS) is 29.9. The Kier molecular flexibility index (Phi) is 4.54. The fraction of sp³-hybridized carbons (Fsp3) is 0.909. The van der Waals surface area contributed by atoms with Gasteiger partial charge in [-0.15, -0.1) is 0 Å². The number of carbonyl (C=O) groups excluding carboxylic acids is 1. The van der Waals surface area contributed by atoms with Gasteiger partial charge in [0.2, 0.25) is 0 Å². The van der Waals surface area contributed by atoms with Gasteiger partial charge in [-0.05, 0) is 26.7 Å². The third-order valence-corrected chi connectivity index (χ3v) is 3.05. The number of carbonyl (C=O) groups is 1. The van der Waals surface area contributed by atoms with Crippen molar-refractivity contribution in [1.82, 2.24) is 0 Å². The monoisotopic (exact) mass is 215 g/mol. The van der Waals surface area contributed by atoms with Crippen molar-refractivity contribution in [1.29, 1.82) is 0 Å². The molecule has 15 heavy (non-hydrogen) atoms. The average molecular weight is 215 g/mol. The molecule has 0 saturated carbocycles. The van der Waals surface area contributed by atoms with Crippen molar-refractivity contribution in [3.8, 4) is 0 Å².